The number of rotatable bonds is 8. The van der Waals surface area contributed by atoms with E-state index in [4.69, 9.17) is 0 Å². The Kier molecular flexibility index (Phi) is 8.06. The molecule has 1 fully saturated rings. The van der Waals surface area contributed by atoms with Crippen LogP contribution in [-0.4, -0.2) is 88.6 Å². The number of nitrogens with zero attached hydrogens (tertiary/aromatic N) is 4. The summed E-state index contributed by atoms with van der Waals surface area (Å²) in [5.41, 5.74) is 1.91. The quantitative estimate of drug-likeness (QED) is 0.683. The molecule has 1 aliphatic rings. The molecular formula is C20H33N5O2. The van der Waals surface area contributed by atoms with Crippen molar-refractivity contribution in [2.45, 2.75) is 13.3 Å². The Morgan fingerprint density at radius 1 is 1.07 bits per heavy atom. The minimum atomic E-state index is -0.134. The van der Waals surface area contributed by atoms with Gasteiger partial charge in [0.05, 0.1) is 0 Å². The normalized spacial score (nSPS) is 15.1. The third-order valence-electron chi connectivity index (χ3n) is 4.82. The number of piperazine rings is 1. The van der Waals surface area contributed by atoms with Gasteiger partial charge in [0, 0.05) is 51.0 Å². The number of hydrogen-bond acceptors (Lipinski definition) is 5. The molecule has 0 bridgehead atoms. The van der Waals surface area contributed by atoms with E-state index < -0.39 is 0 Å². The fourth-order valence-electron chi connectivity index (χ4n) is 3.12. The molecule has 0 spiro atoms. The van der Waals surface area contributed by atoms with Gasteiger partial charge in [-0.05, 0) is 58.4 Å². The maximum atomic E-state index is 12.2. The molecule has 150 valence electrons. The van der Waals surface area contributed by atoms with E-state index >= 15 is 0 Å². The van der Waals surface area contributed by atoms with Gasteiger partial charge >= 0.3 is 0 Å². The highest BCUT2D eigenvalue weighted by Crippen LogP contribution is 2.22. The molecule has 0 radical (unpaired) electrons. The zero-order chi connectivity index (χ0) is 19.8. The lowest BCUT2D eigenvalue weighted by Gasteiger charge is -2.34. The minimum Gasteiger partial charge on any atom is -0.369 e. The average molecular weight is 376 g/mol. The van der Waals surface area contributed by atoms with E-state index in [0.717, 1.165) is 50.5 Å². The zero-order valence-corrected chi connectivity index (χ0v) is 17.1. The van der Waals surface area contributed by atoms with Gasteiger partial charge < -0.3 is 24.9 Å². The fourth-order valence-corrected chi connectivity index (χ4v) is 3.12. The second-order valence-electron chi connectivity index (χ2n) is 7.42. The van der Waals surface area contributed by atoms with Crippen LogP contribution in [0.15, 0.2) is 24.3 Å². The van der Waals surface area contributed by atoms with Gasteiger partial charge in [0.25, 0.3) is 0 Å². The minimum absolute atomic E-state index is 0.0468. The summed E-state index contributed by atoms with van der Waals surface area (Å²) in [6, 6.07) is 7.92. The van der Waals surface area contributed by atoms with E-state index in [9.17, 15) is 9.59 Å². The molecule has 7 heteroatoms. The lowest BCUT2D eigenvalue weighted by molar-refractivity contribution is -0.123. The Bertz CT molecular complexity index is 609. The van der Waals surface area contributed by atoms with E-state index in [2.05, 4.69) is 27.1 Å². The molecule has 0 aromatic heterocycles. The van der Waals surface area contributed by atoms with Gasteiger partial charge in [-0.25, -0.2) is 0 Å². The van der Waals surface area contributed by atoms with Crippen molar-refractivity contribution in [1.29, 1.82) is 0 Å². The number of anilines is 2. The van der Waals surface area contributed by atoms with Crippen LogP contribution in [0.4, 0.5) is 11.4 Å². The molecule has 1 aliphatic heterocycles. The van der Waals surface area contributed by atoms with Gasteiger partial charge in [-0.3, -0.25) is 9.59 Å². The first-order valence-corrected chi connectivity index (χ1v) is 9.60. The number of likely N-dealkylation sites (N-methyl/N-ethyl adjacent to an activating group) is 1. The predicted octanol–water partition coefficient (Wildman–Crippen LogP) is 0.859. The summed E-state index contributed by atoms with van der Waals surface area (Å²) in [7, 11) is 6.15. The van der Waals surface area contributed by atoms with Gasteiger partial charge in [0.2, 0.25) is 11.8 Å². The van der Waals surface area contributed by atoms with Crippen LogP contribution in [0.2, 0.25) is 0 Å². The lowest BCUT2D eigenvalue weighted by atomic mass is 10.2. The van der Waals surface area contributed by atoms with Crippen molar-refractivity contribution < 1.29 is 9.59 Å². The first-order chi connectivity index (χ1) is 12.9. The number of benzene rings is 1. The van der Waals surface area contributed by atoms with Gasteiger partial charge in [-0.1, -0.05) is 0 Å². The summed E-state index contributed by atoms with van der Waals surface area (Å²) in [4.78, 5) is 32.5. The lowest BCUT2D eigenvalue weighted by Crippen LogP contribution is -2.44. The van der Waals surface area contributed by atoms with Crippen molar-refractivity contribution in [3.63, 3.8) is 0 Å². The van der Waals surface area contributed by atoms with E-state index in [1.54, 1.807) is 0 Å². The van der Waals surface area contributed by atoms with Crippen LogP contribution < -0.4 is 15.1 Å². The van der Waals surface area contributed by atoms with Crippen LogP contribution >= 0.6 is 0 Å². The highest BCUT2D eigenvalue weighted by atomic mass is 16.2. The molecule has 1 aromatic rings. The molecular weight excluding hydrogens is 342 g/mol. The molecule has 0 unspecified atom stereocenters. The highest BCUT2D eigenvalue weighted by molar-refractivity contribution is 5.97. The van der Waals surface area contributed by atoms with Crippen molar-refractivity contribution in [3.8, 4) is 0 Å². The third-order valence-corrected chi connectivity index (χ3v) is 4.82. The maximum absolute atomic E-state index is 12.2. The van der Waals surface area contributed by atoms with Gasteiger partial charge in [-0.2, -0.15) is 0 Å². The summed E-state index contributed by atoms with van der Waals surface area (Å²) in [5, 5.41) is 2.89. The molecule has 0 saturated carbocycles. The number of hydrogen-bond donors (Lipinski definition) is 1. The van der Waals surface area contributed by atoms with Gasteiger partial charge in [0.15, 0.2) is 0 Å². The van der Waals surface area contributed by atoms with Crippen molar-refractivity contribution >= 4 is 23.2 Å². The molecule has 1 N–H and O–H groups in total. The van der Waals surface area contributed by atoms with Crippen LogP contribution in [0.25, 0.3) is 0 Å². The molecule has 2 amide bonds. The van der Waals surface area contributed by atoms with E-state index in [1.807, 2.05) is 38.4 Å². The number of amides is 2. The second kappa shape index (κ2) is 10.3. The summed E-state index contributed by atoms with van der Waals surface area (Å²) in [6.07, 6.45) is 0.887. The molecule has 1 saturated heterocycles. The topological polar surface area (TPSA) is 59.1 Å². The largest absolute Gasteiger partial charge is 0.369 e. The molecule has 0 atom stereocenters. The van der Waals surface area contributed by atoms with Crippen molar-refractivity contribution in [1.82, 2.24) is 15.1 Å². The molecule has 1 heterocycles. The number of carbonyl (C=O) groups excluding carboxylic acids is 2. The average Bonchev–Trinajstić information content (AvgIpc) is 2.64. The molecule has 2 rings (SSSR count). The number of nitrogens with one attached hydrogen (secondary N) is 1. The monoisotopic (exact) mass is 375 g/mol. The maximum Gasteiger partial charge on any atom is 0.240 e. The number of carbonyl (C=O) groups is 2. The van der Waals surface area contributed by atoms with Gasteiger partial charge in [0.1, 0.15) is 6.54 Å². The highest BCUT2D eigenvalue weighted by Gasteiger charge is 2.17. The Hall–Kier alpha value is -2.12. The Morgan fingerprint density at radius 3 is 2.26 bits per heavy atom. The summed E-state index contributed by atoms with van der Waals surface area (Å²) in [6.45, 7) is 7.18. The predicted molar refractivity (Wildman–Crippen MR) is 110 cm³/mol. The van der Waals surface area contributed by atoms with Crippen LogP contribution in [0.1, 0.15) is 13.3 Å². The smallest absolute Gasteiger partial charge is 0.240 e. The van der Waals surface area contributed by atoms with Crippen LogP contribution in [-0.2, 0) is 9.59 Å². The van der Waals surface area contributed by atoms with E-state index in [0.29, 0.717) is 6.54 Å². The summed E-state index contributed by atoms with van der Waals surface area (Å²) in [5.74, 6) is -0.266. The first-order valence-electron chi connectivity index (χ1n) is 9.60. The Balaban J connectivity index is 1.91. The van der Waals surface area contributed by atoms with Crippen LogP contribution in [0, 0.1) is 0 Å². The second-order valence-corrected chi connectivity index (χ2v) is 7.42. The first kappa shape index (κ1) is 21.2. The van der Waals surface area contributed by atoms with Gasteiger partial charge in [-0.15, -0.1) is 0 Å². The standard InChI is InChI=1S/C20H33N5O2/c1-17(26)25(16-20(27)21-10-5-11-22(2)3)19-8-6-18(7-9-19)24-14-12-23(4)13-15-24/h6-9H,5,10-16H2,1-4H3,(H,21,27). The van der Waals surface area contributed by atoms with Crippen molar-refractivity contribution in [2.24, 2.45) is 0 Å². The van der Waals surface area contributed by atoms with E-state index in [1.165, 1.54) is 11.8 Å². The molecule has 7 nitrogen and oxygen atoms in total. The fraction of sp³-hybridized carbons (Fsp3) is 0.600. The van der Waals surface area contributed by atoms with E-state index in [-0.39, 0.29) is 18.4 Å². The third kappa shape index (κ3) is 6.84. The van der Waals surface area contributed by atoms with Crippen molar-refractivity contribution in [2.75, 3.05) is 76.8 Å². The Morgan fingerprint density at radius 2 is 1.70 bits per heavy atom. The molecule has 1 aromatic carbocycles. The molecule has 0 aliphatic carbocycles. The zero-order valence-electron chi connectivity index (χ0n) is 17.1. The Labute approximate surface area is 162 Å². The molecule has 27 heavy (non-hydrogen) atoms. The summed E-state index contributed by atoms with van der Waals surface area (Å²) >= 11 is 0. The van der Waals surface area contributed by atoms with Crippen molar-refractivity contribution in [3.05, 3.63) is 24.3 Å². The van der Waals surface area contributed by atoms with Crippen LogP contribution in [0.5, 0.6) is 0 Å². The van der Waals surface area contributed by atoms with Crippen LogP contribution in [0.3, 0.4) is 0 Å². The SMILES string of the molecule is CC(=O)N(CC(=O)NCCCN(C)C)c1ccc(N2CCN(C)CC2)cc1. The summed E-state index contributed by atoms with van der Waals surface area (Å²) < 4.78 is 0.